The highest BCUT2D eigenvalue weighted by Gasteiger charge is 2.21. The van der Waals surface area contributed by atoms with E-state index >= 15 is 0 Å². The van der Waals surface area contributed by atoms with Gasteiger partial charge in [-0.3, -0.25) is 0 Å². The molecule has 0 amide bonds. The third-order valence-electron chi connectivity index (χ3n) is 3.42. The first kappa shape index (κ1) is 13.2. The van der Waals surface area contributed by atoms with E-state index < -0.39 is 0 Å². The van der Waals surface area contributed by atoms with Crippen molar-refractivity contribution in [1.82, 2.24) is 10.2 Å². The summed E-state index contributed by atoms with van der Waals surface area (Å²) in [5, 5.41) is 8.64. The molecule has 1 aliphatic heterocycles. The lowest BCUT2D eigenvalue weighted by Crippen LogP contribution is -2.38. The number of piperidine rings is 1. The van der Waals surface area contributed by atoms with E-state index in [1.165, 1.54) is 0 Å². The number of para-hydroxylation sites is 1. The second-order valence-electron chi connectivity index (χ2n) is 4.85. The number of nitrogens with zero attached hydrogens (tertiary/aromatic N) is 3. The molecule has 2 heterocycles. The van der Waals surface area contributed by atoms with Gasteiger partial charge >= 0.3 is 0 Å². The summed E-state index contributed by atoms with van der Waals surface area (Å²) < 4.78 is 5.97. The van der Waals surface area contributed by atoms with Crippen LogP contribution in [0.3, 0.4) is 0 Å². The highest BCUT2D eigenvalue weighted by Crippen LogP contribution is 2.22. The van der Waals surface area contributed by atoms with E-state index in [9.17, 15) is 0 Å². The maximum Gasteiger partial charge on any atom is 0.152 e. The Labute approximate surface area is 123 Å². The summed E-state index contributed by atoms with van der Waals surface area (Å²) in [6.45, 7) is 1.82. The number of rotatable bonds is 3. The van der Waals surface area contributed by atoms with Crippen molar-refractivity contribution in [2.24, 2.45) is 0 Å². The third kappa shape index (κ3) is 3.20. The van der Waals surface area contributed by atoms with Crippen molar-refractivity contribution in [3.05, 3.63) is 47.6 Å². The van der Waals surface area contributed by atoms with Crippen LogP contribution in [-0.4, -0.2) is 29.4 Å². The van der Waals surface area contributed by atoms with Crippen LogP contribution in [0.15, 0.2) is 42.6 Å². The van der Waals surface area contributed by atoms with Gasteiger partial charge in [-0.15, -0.1) is 5.10 Å². The van der Waals surface area contributed by atoms with Crippen LogP contribution in [0.2, 0.25) is 5.02 Å². The maximum atomic E-state index is 5.97. The van der Waals surface area contributed by atoms with E-state index in [0.717, 1.165) is 37.5 Å². The van der Waals surface area contributed by atoms with E-state index in [1.807, 2.05) is 36.4 Å². The van der Waals surface area contributed by atoms with Gasteiger partial charge in [0, 0.05) is 32.0 Å². The Morgan fingerprint density at radius 1 is 1.15 bits per heavy atom. The molecule has 0 atom stereocenters. The van der Waals surface area contributed by atoms with Crippen molar-refractivity contribution >= 4 is 17.4 Å². The lowest BCUT2D eigenvalue weighted by atomic mass is 10.1. The summed E-state index contributed by atoms with van der Waals surface area (Å²) in [5.41, 5.74) is 0. The SMILES string of the molecule is Clc1cnnc(N2CCC(Oc3ccccc3)CC2)c1. The summed E-state index contributed by atoms with van der Waals surface area (Å²) in [6, 6.07) is 11.8. The number of halogens is 1. The van der Waals surface area contributed by atoms with Gasteiger partial charge < -0.3 is 9.64 Å². The fourth-order valence-electron chi connectivity index (χ4n) is 2.38. The molecular formula is C15H16ClN3O. The zero-order valence-corrected chi connectivity index (χ0v) is 11.8. The molecule has 1 saturated heterocycles. The van der Waals surface area contributed by atoms with Crippen LogP contribution in [0.25, 0.3) is 0 Å². The molecule has 0 radical (unpaired) electrons. The van der Waals surface area contributed by atoms with Crippen LogP contribution in [0.5, 0.6) is 5.75 Å². The lowest BCUT2D eigenvalue weighted by molar-refractivity contribution is 0.170. The Bertz CT molecular complexity index is 556. The Kier molecular flexibility index (Phi) is 4.02. The van der Waals surface area contributed by atoms with Crippen molar-refractivity contribution in [3.63, 3.8) is 0 Å². The molecule has 0 saturated carbocycles. The Morgan fingerprint density at radius 2 is 1.90 bits per heavy atom. The molecule has 1 aromatic carbocycles. The largest absolute Gasteiger partial charge is 0.490 e. The minimum absolute atomic E-state index is 0.265. The highest BCUT2D eigenvalue weighted by atomic mass is 35.5. The van der Waals surface area contributed by atoms with Crippen LogP contribution >= 0.6 is 11.6 Å². The van der Waals surface area contributed by atoms with Gasteiger partial charge in [0.1, 0.15) is 11.9 Å². The molecule has 0 bridgehead atoms. The Hall–Kier alpha value is -1.81. The molecule has 20 heavy (non-hydrogen) atoms. The maximum absolute atomic E-state index is 5.97. The van der Waals surface area contributed by atoms with Crippen molar-refractivity contribution in [1.29, 1.82) is 0 Å². The van der Waals surface area contributed by atoms with Crippen molar-refractivity contribution in [2.45, 2.75) is 18.9 Å². The van der Waals surface area contributed by atoms with E-state index in [1.54, 1.807) is 6.20 Å². The third-order valence-corrected chi connectivity index (χ3v) is 3.63. The van der Waals surface area contributed by atoms with Gasteiger partial charge in [0.05, 0.1) is 11.2 Å². The molecule has 3 rings (SSSR count). The molecular weight excluding hydrogens is 274 g/mol. The Morgan fingerprint density at radius 3 is 2.60 bits per heavy atom. The zero-order valence-electron chi connectivity index (χ0n) is 11.1. The van der Waals surface area contributed by atoms with Crippen LogP contribution in [0, 0.1) is 0 Å². The number of aromatic nitrogens is 2. The standard InChI is InChI=1S/C15H16ClN3O/c16-12-10-15(18-17-11-12)19-8-6-14(7-9-19)20-13-4-2-1-3-5-13/h1-5,10-11,14H,6-9H2. The molecule has 2 aromatic rings. The predicted octanol–water partition coefficient (Wildman–Crippen LogP) is 3.18. The fraction of sp³-hybridized carbons (Fsp3) is 0.333. The second-order valence-corrected chi connectivity index (χ2v) is 5.29. The first-order valence-corrected chi connectivity index (χ1v) is 7.14. The molecule has 1 aromatic heterocycles. The van der Waals surface area contributed by atoms with Crippen LogP contribution < -0.4 is 9.64 Å². The number of hydrogen-bond acceptors (Lipinski definition) is 4. The molecule has 0 N–H and O–H groups in total. The molecule has 4 nitrogen and oxygen atoms in total. The van der Waals surface area contributed by atoms with E-state index in [2.05, 4.69) is 15.1 Å². The number of benzene rings is 1. The number of anilines is 1. The molecule has 0 aliphatic carbocycles. The quantitative estimate of drug-likeness (QED) is 0.870. The molecule has 0 spiro atoms. The summed E-state index contributed by atoms with van der Waals surface area (Å²) in [6.07, 6.45) is 3.77. The number of ether oxygens (including phenoxy) is 1. The van der Waals surface area contributed by atoms with Gasteiger partial charge in [0.15, 0.2) is 5.82 Å². The fourth-order valence-corrected chi connectivity index (χ4v) is 2.52. The molecule has 1 aliphatic rings. The zero-order chi connectivity index (χ0) is 13.8. The number of hydrogen-bond donors (Lipinski definition) is 0. The summed E-state index contributed by atoms with van der Waals surface area (Å²) >= 11 is 5.95. The summed E-state index contributed by atoms with van der Waals surface area (Å²) in [7, 11) is 0. The van der Waals surface area contributed by atoms with E-state index in [0.29, 0.717) is 5.02 Å². The second kappa shape index (κ2) is 6.09. The van der Waals surface area contributed by atoms with Crippen molar-refractivity contribution < 1.29 is 4.74 Å². The van der Waals surface area contributed by atoms with Gasteiger partial charge in [0.25, 0.3) is 0 Å². The smallest absolute Gasteiger partial charge is 0.152 e. The average molecular weight is 290 g/mol. The lowest BCUT2D eigenvalue weighted by Gasteiger charge is -2.32. The highest BCUT2D eigenvalue weighted by molar-refractivity contribution is 6.30. The summed E-state index contributed by atoms with van der Waals surface area (Å²) in [4.78, 5) is 2.20. The predicted molar refractivity (Wildman–Crippen MR) is 79.3 cm³/mol. The van der Waals surface area contributed by atoms with Crippen molar-refractivity contribution in [3.8, 4) is 5.75 Å². The van der Waals surface area contributed by atoms with E-state index in [-0.39, 0.29) is 6.10 Å². The van der Waals surface area contributed by atoms with Gasteiger partial charge in [0.2, 0.25) is 0 Å². The first-order valence-electron chi connectivity index (χ1n) is 6.76. The molecule has 0 unspecified atom stereocenters. The van der Waals surface area contributed by atoms with Gasteiger partial charge in [-0.05, 0) is 12.1 Å². The monoisotopic (exact) mass is 289 g/mol. The summed E-state index contributed by atoms with van der Waals surface area (Å²) in [5.74, 6) is 1.78. The van der Waals surface area contributed by atoms with Crippen LogP contribution in [-0.2, 0) is 0 Å². The van der Waals surface area contributed by atoms with E-state index in [4.69, 9.17) is 16.3 Å². The molecule has 1 fully saturated rings. The first-order chi connectivity index (χ1) is 9.81. The van der Waals surface area contributed by atoms with Gasteiger partial charge in [-0.2, -0.15) is 5.10 Å². The normalized spacial score (nSPS) is 16.1. The van der Waals surface area contributed by atoms with Gasteiger partial charge in [-0.1, -0.05) is 29.8 Å². The van der Waals surface area contributed by atoms with Gasteiger partial charge in [-0.25, -0.2) is 0 Å². The molecule has 5 heteroatoms. The molecule has 104 valence electrons. The van der Waals surface area contributed by atoms with Crippen LogP contribution in [0.4, 0.5) is 5.82 Å². The Balaban J connectivity index is 1.57. The van der Waals surface area contributed by atoms with Crippen LogP contribution in [0.1, 0.15) is 12.8 Å². The minimum atomic E-state index is 0.265. The average Bonchev–Trinajstić information content (AvgIpc) is 2.49. The minimum Gasteiger partial charge on any atom is -0.490 e. The topological polar surface area (TPSA) is 38.2 Å². The van der Waals surface area contributed by atoms with Crippen molar-refractivity contribution in [2.75, 3.05) is 18.0 Å².